The quantitative estimate of drug-likeness (QED) is 0.797. The van der Waals surface area contributed by atoms with Crippen LogP contribution >= 0.6 is 7.60 Å². The van der Waals surface area contributed by atoms with E-state index in [1.165, 1.54) is 6.33 Å². The van der Waals surface area contributed by atoms with Gasteiger partial charge in [0.25, 0.3) is 0 Å². The van der Waals surface area contributed by atoms with Gasteiger partial charge in [-0.15, -0.1) is 0 Å². The Morgan fingerprint density at radius 2 is 2.62 bits per heavy atom. The second-order valence-corrected chi connectivity index (χ2v) is 5.32. The normalized spacial score (nSPS) is 30.4. The van der Waals surface area contributed by atoms with Crippen LogP contribution in [0.25, 0.3) is 0 Å². The van der Waals surface area contributed by atoms with Crippen molar-refractivity contribution in [2.45, 2.75) is 19.4 Å². The number of hydrogen-bond acceptors (Lipinski definition) is 6. The second kappa shape index (κ2) is 5.05. The van der Waals surface area contributed by atoms with E-state index in [9.17, 15) is 4.57 Å². The van der Waals surface area contributed by atoms with E-state index in [1.54, 1.807) is 6.92 Å². The molecule has 0 aliphatic carbocycles. The molecule has 2 heterocycles. The van der Waals surface area contributed by atoms with Crippen LogP contribution in [0.1, 0.15) is 12.7 Å². The molecule has 1 aromatic rings. The molecule has 0 spiro atoms. The van der Waals surface area contributed by atoms with E-state index >= 15 is 0 Å². The maximum atomic E-state index is 12.0. The molecule has 7 nitrogen and oxygen atoms in total. The van der Waals surface area contributed by atoms with Gasteiger partial charge in [0.1, 0.15) is 12.7 Å². The number of hydrogen-bond donors (Lipinski definition) is 1. The molecule has 1 aliphatic heterocycles. The van der Waals surface area contributed by atoms with Gasteiger partial charge in [-0.1, -0.05) is 0 Å². The smallest absolute Gasteiger partial charge is 0.356 e. The average Bonchev–Trinajstić information content (AvgIpc) is 2.70. The Balaban J connectivity index is 1.94. The summed E-state index contributed by atoms with van der Waals surface area (Å²) >= 11 is 0. The molecule has 90 valence electrons. The van der Waals surface area contributed by atoms with E-state index in [-0.39, 0.29) is 12.5 Å². The fraction of sp³-hybridized carbons (Fsp3) is 0.750. The Kier molecular flexibility index (Phi) is 3.70. The minimum absolute atomic E-state index is 0.0192. The zero-order valence-corrected chi connectivity index (χ0v) is 9.85. The molecular formula is C8H14N3O4P. The van der Waals surface area contributed by atoms with Gasteiger partial charge in [0.05, 0.1) is 19.3 Å². The number of H-pyrrole nitrogens is 1. The van der Waals surface area contributed by atoms with E-state index in [1.807, 2.05) is 0 Å². The third kappa shape index (κ3) is 2.89. The Morgan fingerprint density at radius 1 is 1.75 bits per heavy atom. The fourth-order valence-electron chi connectivity index (χ4n) is 1.48. The molecule has 1 aliphatic rings. The minimum Gasteiger partial charge on any atom is -0.366 e. The average molecular weight is 247 g/mol. The van der Waals surface area contributed by atoms with E-state index in [2.05, 4.69) is 15.2 Å². The van der Waals surface area contributed by atoms with Gasteiger partial charge in [-0.3, -0.25) is 9.66 Å². The maximum Gasteiger partial charge on any atom is 0.356 e. The number of ether oxygens (including phenoxy) is 1. The molecule has 1 fully saturated rings. The molecule has 2 atom stereocenters. The monoisotopic (exact) mass is 247 g/mol. The summed E-state index contributed by atoms with van der Waals surface area (Å²) in [6.07, 6.45) is 1.65. The van der Waals surface area contributed by atoms with Crippen LogP contribution in [0.15, 0.2) is 6.33 Å². The van der Waals surface area contributed by atoms with Crippen molar-refractivity contribution in [2.75, 3.05) is 19.6 Å². The van der Waals surface area contributed by atoms with Gasteiger partial charge in [-0.05, 0) is 6.92 Å². The van der Waals surface area contributed by atoms with Crippen LogP contribution in [0.2, 0.25) is 0 Å². The highest BCUT2D eigenvalue weighted by molar-refractivity contribution is 7.53. The van der Waals surface area contributed by atoms with Crippen LogP contribution in [-0.4, -0.2) is 40.8 Å². The van der Waals surface area contributed by atoms with E-state index in [0.717, 1.165) is 0 Å². The Bertz CT molecular complexity index is 363. The van der Waals surface area contributed by atoms with E-state index in [4.69, 9.17) is 13.8 Å². The minimum atomic E-state index is -3.08. The molecule has 2 rings (SSSR count). The van der Waals surface area contributed by atoms with Gasteiger partial charge in [-0.25, -0.2) is 4.98 Å². The lowest BCUT2D eigenvalue weighted by molar-refractivity contribution is 0.00915. The predicted octanol–water partition coefficient (Wildman–Crippen LogP) is 0.950. The summed E-state index contributed by atoms with van der Waals surface area (Å²) in [6.45, 7) is 2.49. The molecule has 0 bridgehead atoms. The molecule has 2 unspecified atom stereocenters. The zero-order chi connectivity index (χ0) is 11.4. The number of nitrogens with one attached hydrogen (secondary N) is 1. The number of rotatable bonds is 4. The molecule has 1 aromatic heterocycles. The summed E-state index contributed by atoms with van der Waals surface area (Å²) in [7, 11) is -3.08. The van der Waals surface area contributed by atoms with Crippen molar-refractivity contribution in [3.05, 3.63) is 12.2 Å². The first-order valence-electron chi connectivity index (χ1n) is 5.06. The first-order chi connectivity index (χ1) is 7.72. The third-order valence-corrected chi connectivity index (χ3v) is 3.83. The van der Waals surface area contributed by atoms with Crippen LogP contribution < -0.4 is 0 Å². The third-order valence-electron chi connectivity index (χ3n) is 2.06. The maximum absolute atomic E-state index is 12.0. The zero-order valence-electron chi connectivity index (χ0n) is 8.96. The van der Waals surface area contributed by atoms with Gasteiger partial charge >= 0.3 is 7.60 Å². The van der Waals surface area contributed by atoms with Gasteiger partial charge in [0, 0.05) is 6.42 Å². The molecular weight excluding hydrogens is 233 g/mol. The van der Waals surface area contributed by atoms with E-state index in [0.29, 0.717) is 25.5 Å². The van der Waals surface area contributed by atoms with Crippen LogP contribution in [0, 0.1) is 0 Å². The standard InChI is InChI=1S/C8H14N3O4P/c1-2-14-16(12)6-13-4-7(15-16)3-8-9-5-10-11-8/h5,7H,2-4,6H2,1H3,(H,9,10,11). The summed E-state index contributed by atoms with van der Waals surface area (Å²) in [6, 6.07) is 0. The largest absolute Gasteiger partial charge is 0.366 e. The van der Waals surface area contributed by atoms with Crippen molar-refractivity contribution in [1.29, 1.82) is 0 Å². The lowest BCUT2D eigenvalue weighted by Gasteiger charge is -2.28. The summed E-state index contributed by atoms with van der Waals surface area (Å²) in [5.74, 6) is 0.610. The van der Waals surface area contributed by atoms with Crippen molar-refractivity contribution >= 4 is 7.60 Å². The summed E-state index contributed by atoms with van der Waals surface area (Å²) in [5.41, 5.74) is 0. The van der Waals surface area contributed by atoms with E-state index < -0.39 is 7.60 Å². The summed E-state index contributed by atoms with van der Waals surface area (Å²) < 4.78 is 27.7. The van der Waals surface area contributed by atoms with Crippen molar-refractivity contribution in [3.8, 4) is 0 Å². The van der Waals surface area contributed by atoms with Crippen LogP contribution in [0.3, 0.4) is 0 Å². The Morgan fingerprint density at radius 3 is 3.31 bits per heavy atom. The highest BCUT2D eigenvalue weighted by Gasteiger charge is 2.34. The van der Waals surface area contributed by atoms with Crippen molar-refractivity contribution in [2.24, 2.45) is 0 Å². The molecule has 0 aromatic carbocycles. The summed E-state index contributed by atoms with van der Waals surface area (Å²) in [4.78, 5) is 3.97. The summed E-state index contributed by atoms with van der Waals surface area (Å²) in [5, 5.41) is 6.51. The first kappa shape index (κ1) is 11.7. The lowest BCUT2D eigenvalue weighted by Crippen LogP contribution is -2.28. The molecule has 0 amide bonds. The SMILES string of the molecule is CCOP1(=O)COCC(Cc2nc[nH]n2)O1. The fourth-order valence-corrected chi connectivity index (χ4v) is 2.99. The first-order valence-corrected chi connectivity index (χ1v) is 6.79. The van der Waals surface area contributed by atoms with Gasteiger partial charge in [0.15, 0.2) is 5.82 Å². The topological polar surface area (TPSA) is 86.3 Å². The van der Waals surface area contributed by atoms with Gasteiger partial charge in [-0.2, -0.15) is 5.10 Å². The van der Waals surface area contributed by atoms with Gasteiger partial charge < -0.3 is 13.8 Å². The molecule has 8 heteroatoms. The molecule has 16 heavy (non-hydrogen) atoms. The molecule has 1 N–H and O–H groups in total. The number of nitrogens with zero attached hydrogens (tertiary/aromatic N) is 2. The van der Waals surface area contributed by atoms with Crippen molar-refractivity contribution < 1.29 is 18.3 Å². The molecule has 1 saturated heterocycles. The van der Waals surface area contributed by atoms with Crippen LogP contribution in [-0.2, 0) is 24.8 Å². The Hall–Kier alpha value is -0.750. The lowest BCUT2D eigenvalue weighted by atomic mass is 10.2. The Labute approximate surface area is 93.0 Å². The van der Waals surface area contributed by atoms with Crippen molar-refractivity contribution in [3.63, 3.8) is 0 Å². The van der Waals surface area contributed by atoms with Crippen LogP contribution in [0.5, 0.6) is 0 Å². The van der Waals surface area contributed by atoms with Crippen molar-refractivity contribution in [1.82, 2.24) is 15.2 Å². The number of aromatic amines is 1. The second-order valence-electron chi connectivity index (χ2n) is 3.38. The predicted molar refractivity (Wildman–Crippen MR) is 55.0 cm³/mol. The molecule has 0 saturated carbocycles. The number of aromatic nitrogens is 3. The highest BCUT2D eigenvalue weighted by atomic mass is 31.2. The molecule has 0 radical (unpaired) electrons. The highest BCUT2D eigenvalue weighted by Crippen LogP contribution is 2.51. The van der Waals surface area contributed by atoms with Crippen LogP contribution in [0.4, 0.5) is 0 Å². The van der Waals surface area contributed by atoms with Gasteiger partial charge in [0.2, 0.25) is 0 Å².